The molecule has 0 spiro atoms. The summed E-state index contributed by atoms with van der Waals surface area (Å²) in [6.45, 7) is 1.91. The predicted molar refractivity (Wildman–Crippen MR) is 66.9 cm³/mol. The lowest BCUT2D eigenvalue weighted by Crippen LogP contribution is -2.13. The summed E-state index contributed by atoms with van der Waals surface area (Å²) in [6.07, 6.45) is 3.19. The van der Waals surface area contributed by atoms with Gasteiger partial charge < -0.3 is 15.4 Å². The Labute approximate surface area is 97.2 Å². The van der Waals surface area contributed by atoms with Gasteiger partial charge in [-0.3, -0.25) is 0 Å². The van der Waals surface area contributed by atoms with E-state index in [2.05, 4.69) is 25.1 Å². The Balaban J connectivity index is 2.08. The molecule has 0 saturated heterocycles. The number of nitrogens with two attached hydrogens (primary N) is 1. The summed E-state index contributed by atoms with van der Waals surface area (Å²) in [4.78, 5) is 2.20. The highest BCUT2D eigenvalue weighted by Gasteiger charge is 2.16. The number of rotatable bonds is 4. The van der Waals surface area contributed by atoms with Crippen molar-refractivity contribution in [1.82, 2.24) is 4.90 Å². The number of ether oxygens (including phenoxy) is 1. The molecule has 0 bridgehead atoms. The van der Waals surface area contributed by atoms with Crippen LogP contribution in [0.25, 0.3) is 0 Å². The first-order chi connectivity index (χ1) is 7.66. The molecule has 1 aromatic rings. The van der Waals surface area contributed by atoms with Crippen LogP contribution in [0.5, 0.6) is 5.75 Å². The van der Waals surface area contributed by atoms with Gasteiger partial charge in [-0.05, 0) is 56.7 Å². The average molecular weight is 220 g/mol. The number of benzene rings is 1. The molecule has 1 aliphatic rings. The van der Waals surface area contributed by atoms with E-state index in [0.29, 0.717) is 0 Å². The van der Waals surface area contributed by atoms with E-state index in [1.54, 1.807) is 0 Å². The van der Waals surface area contributed by atoms with Crippen LogP contribution in [0, 0.1) is 0 Å². The highest BCUT2D eigenvalue weighted by Crippen LogP contribution is 2.32. The molecule has 0 atom stereocenters. The molecule has 0 radical (unpaired) electrons. The first kappa shape index (κ1) is 11.3. The molecular weight excluding hydrogens is 200 g/mol. The molecule has 0 saturated carbocycles. The summed E-state index contributed by atoms with van der Waals surface area (Å²) in [7, 11) is 4.20. The van der Waals surface area contributed by atoms with Crippen molar-refractivity contribution in [3.05, 3.63) is 23.3 Å². The predicted octanol–water partition coefficient (Wildman–Crippen LogP) is 1.70. The van der Waals surface area contributed by atoms with Gasteiger partial charge >= 0.3 is 0 Å². The van der Waals surface area contributed by atoms with Gasteiger partial charge in [-0.2, -0.15) is 0 Å². The fraction of sp³-hybridized carbons (Fsp3) is 0.538. The van der Waals surface area contributed by atoms with E-state index in [4.69, 9.17) is 10.5 Å². The zero-order valence-electron chi connectivity index (χ0n) is 10.1. The second-order valence-electron chi connectivity index (χ2n) is 4.67. The van der Waals surface area contributed by atoms with E-state index in [1.807, 2.05) is 6.07 Å². The molecule has 16 heavy (non-hydrogen) atoms. The average Bonchev–Trinajstić information content (AvgIpc) is 2.64. The molecule has 0 unspecified atom stereocenters. The van der Waals surface area contributed by atoms with Crippen LogP contribution in [0.15, 0.2) is 12.1 Å². The minimum Gasteiger partial charge on any atom is -0.493 e. The van der Waals surface area contributed by atoms with Crippen molar-refractivity contribution in [2.75, 3.05) is 33.0 Å². The normalized spacial score (nSPS) is 13.9. The summed E-state index contributed by atoms with van der Waals surface area (Å²) in [5.41, 5.74) is 9.31. The van der Waals surface area contributed by atoms with Gasteiger partial charge in [-0.25, -0.2) is 0 Å². The summed E-state index contributed by atoms with van der Waals surface area (Å²) in [5.74, 6) is 1.09. The highest BCUT2D eigenvalue weighted by molar-refractivity contribution is 5.54. The molecule has 2 rings (SSSR count). The Bertz CT molecular complexity index is 374. The van der Waals surface area contributed by atoms with Crippen molar-refractivity contribution in [2.24, 2.45) is 0 Å². The maximum Gasteiger partial charge on any atom is 0.125 e. The summed E-state index contributed by atoms with van der Waals surface area (Å²) in [5, 5.41) is 0. The van der Waals surface area contributed by atoms with Crippen molar-refractivity contribution < 1.29 is 4.74 Å². The fourth-order valence-corrected chi connectivity index (χ4v) is 2.19. The van der Waals surface area contributed by atoms with Crippen LogP contribution >= 0.6 is 0 Å². The smallest absolute Gasteiger partial charge is 0.125 e. The van der Waals surface area contributed by atoms with Gasteiger partial charge in [0, 0.05) is 12.1 Å². The molecule has 0 amide bonds. The van der Waals surface area contributed by atoms with E-state index in [-0.39, 0.29) is 0 Å². The van der Waals surface area contributed by atoms with Crippen molar-refractivity contribution in [2.45, 2.75) is 19.3 Å². The number of hydrogen-bond acceptors (Lipinski definition) is 3. The van der Waals surface area contributed by atoms with Gasteiger partial charge in [-0.1, -0.05) is 0 Å². The maximum atomic E-state index is 5.90. The van der Waals surface area contributed by atoms with Crippen LogP contribution in [-0.4, -0.2) is 32.1 Å². The van der Waals surface area contributed by atoms with E-state index in [1.165, 1.54) is 11.1 Å². The number of hydrogen-bond donors (Lipinski definition) is 1. The number of aryl methyl sites for hydroxylation is 1. The van der Waals surface area contributed by atoms with Crippen LogP contribution in [0.3, 0.4) is 0 Å². The number of fused-ring (bicyclic) bond motifs is 1. The third-order valence-corrected chi connectivity index (χ3v) is 2.93. The molecule has 1 heterocycles. The molecule has 0 aromatic heterocycles. The van der Waals surface area contributed by atoms with Crippen LogP contribution in [0.2, 0.25) is 0 Å². The molecule has 1 aromatic carbocycles. The summed E-state index contributed by atoms with van der Waals surface area (Å²) < 4.78 is 5.67. The Morgan fingerprint density at radius 3 is 2.94 bits per heavy atom. The summed E-state index contributed by atoms with van der Waals surface area (Å²) in [6, 6.07) is 4.09. The second kappa shape index (κ2) is 4.74. The molecule has 1 aliphatic heterocycles. The van der Waals surface area contributed by atoms with E-state index >= 15 is 0 Å². The van der Waals surface area contributed by atoms with Crippen molar-refractivity contribution in [1.29, 1.82) is 0 Å². The van der Waals surface area contributed by atoms with Gasteiger partial charge in [0.05, 0.1) is 6.61 Å². The van der Waals surface area contributed by atoms with Crippen LogP contribution in [-0.2, 0) is 12.8 Å². The lowest BCUT2D eigenvalue weighted by atomic mass is 10.0. The monoisotopic (exact) mass is 220 g/mol. The first-order valence-corrected chi connectivity index (χ1v) is 5.85. The van der Waals surface area contributed by atoms with Gasteiger partial charge in [0.1, 0.15) is 5.75 Å². The molecule has 3 heteroatoms. The third kappa shape index (κ3) is 2.47. The van der Waals surface area contributed by atoms with Crippen LogP contribution in [0.4, 0.5) is 5.69 Å². The molecule has 3 nitrogen and oxygen atoms in total. The minimum absolute atomic E-state index is 0.805. The molecule has 0 fully saturated rings. The van der Waals surface area contributed by atoms with E-state index < -0.39 is 0 Å². The topological polar surface area (TPSA) is 38.5 Å². The quantitative estimate of drug-likeness (QED) is 0.785. The SMILES string of the molecule is CN(C)CCCc1cc(N)cc2c1OCC2. The summed E-state index contributed by atoms with van der Waals surface area (Å²) >= 11 is 0. The lowest BCUT2D eigenvalue weighted by molar-refractivity contribution is 0.351. The highest BCUT2D eigenvalue weighted by atomic mass is 16.5. The zero-order valence-corrected chi connectivity index (χ0v) is 10.1. The number of nitrogens with zero attached hydrogens (tertiary/aromatic N) is 1. The lowest BCUT2D eigenvalue weighted by Gasteiger charge is -2.12. The molecule has 88 valence electrons. The van der Waals surface area contributed by atoms with Crippen molar-refractivity contribution in [3.8, 4) is 5.75 Å². The Hall–Kier alpha value is -1.22. The fourth-order valence-electron chi connectivity index (χ4n) is 2.19. The van der Waals surface area contributed by atoms with Crippen molar-refractivity contribution in [3.63, 3.8) is 0 Å². The Morgan fingerprint density at radius 1 is 1.38 bits per heavy atom. The van der Waals surface area contributed by atoms with Gasteiger partial charge in [0.2, 0.25) is 0 Å². The number of anilines is 1. The third-order valence-electron chi connectivity index (χ3n) is 2.93. The van der Waals surface area contributed by atoms with Crippen molar-refractivity contribution >= 4 is 5.69 Å². The van der Waals surface area contributed by atoms with Crippen LogP contribution in [0.1, 0.15) is 17.5 Å². The Kier molecular flexibility index (Phi) is 3.34. The molecule has 2 N–H and O–H groups in total. The van der Waals surface area contributed by atoms with E-state index in [9.17, 15) is 0 Å². The molecule has 0 aliphatic carbocycles. The van der Waals surface area contributed by atoms with Gasteiger partial charge in [0.15, 0.2) is 0 Å². The van der Waals surface area contributed by atoms with E-state index in [0.717, 1.165) is 43.9 Å². The zero-order chi connectivity index (χ0) is 11.5. The van der Waals surface area contributed by atoms with Crippen LogP contribution < -0.4 is 10.5 Å². The Morgan fingerprint density at radius 2 is 2.19 bits per heavy atom. The maximum absolute atomic E-state index is 5.90. The largest absolute Gasteiger partial charge is 0.493 e. The second-order valence-corrected chi connectivity index (χ2v) is 4.67. The van der Waals surface area contributed by atoms with Gasteiger partial charge in [-0.15, -0.1) is 0 Å². The minimum atomic E-state index is 0.805. The molecular formula is C13H20N2O. The standard InChI is InChI=1S/C13H20N2O/c1-15(2)6-3-4-10-8-12(14)9-11-5-7-16-13(10)11/h8-9H,3-7,14H2,1-2H3. The van der Waals surface area contributed by atoms with Gasteiger partial charge in [0.25, 0.3) is 0 Å². The number of nitrogen functional groups attached to an aromatic ring is 1. The first-order valence-electron chi connectivity index (χ1n) is 5.85.